The number of benzene rings is 1. The lowest BCUT2D eigenvalue weighted by atomic mass is 10.3. The Hall–Kier alpha value is -2.44. The molecule has 0 aliphatic carbocycles. The van der Waals surface area contributed by atoms with E-state index in [1.54, 1.807) is 13.0 Å². The fourth-order valence-corrected chi connectivity index (χ4v) is 1.98. The van der Waals surface area contributed by atoms with Crippen molar-refractivity contribution in [2.24, 2.45) is 0 Å². The van der Waals surface area contributed by atoms with Gasteiger partial charge in [-0.15, -0.1) is 0 Å². The fraction of sp³-hybridized carbons (Fsp3) is 0.167. The van der Waals surface area contributed by atoms with E-state index in [1.807, 2.05) is 0 Å². The Kier molecular flexibility index (Phi) is 2.48. The normalized spacial score (nSPS) is 11.3. The predicted octanol–water partition coefficient (Wildman–Crippen LogP) is 2.24. The maximum absolute atomic E-state index is 13.8. The van der Waals surface area contributed by atoms with Gasteiger partial charge in [0.2, 0.25) is 5.95 Å². The molecule has 2 N–H and O–H groups in total. The van der Waals surface area contributed by atoms with Crippen molar-refractivity contribution in [3.8, 4) is 0 Å². The molecule has 0 atom stereocenters. The van der Waals surface area contributed by atoms with Crippen molar-refractivity contribution >= 4 is 17.0 Å². The quantitative estimate of drug-likeness (QED) is 0.770. The van der Waals surface area contributed by atoms with E-state index in [2.05, 4.69) is 10.1 Å². The van der Waals surface area contributed by atoms with Gasteiger partial charge < -0.3 is 14.8 Å². The smallest absolute Gasteiger partial charge is 0.201 e. The highest BCUT2D eigenvalue weighted by Gasteiger charge is 2.17. The molecule has 98 valence electrons. The van der Waals surface area contributed by atoms with Gasteiger partial charge in [-0.2, -0.15) is 0 Å². The predicted molar refractivity (Wildman–Crippen MR) is 64.4 cm³/mol. The van der Waals surface area contributed by atoms with Gasteiger partial charge in [0.25, 0.3) is 0 Å². The monoisotopic (exact) mass is 264 g/mol. The number of nitrogens with zero attached hydrogens (tertiary/aromatic N) is 3. The second-order valence-corrected chi connectivity index (χ2v) is 4.22. The van der Waals surface area contributed by atoms with Crippen molar-refractivity contribution in [1.29, 1.82) is 0 Å². The summed E-state index contributed by atoms with van der Waals surface area (Å²) in [6.45, 7) is 1.91. The molecule has 1 aromatic carbocycles. The Labute approximate surface area is 106 Å². The Morgan fingerprint density at radius 3 is 2.84 bits per heavy atom. The Morgan fingerprint density at radius 2 is 2.16 bits per heavy atom. The van der Waals surface area contributed by atoms with Gasteiger partial charge in [0.15, 0.2) is 17.4 Å². The second kappa shape index (κ2) is 4.04. The molecule has 0 saturated heterocycles. The summed E-state index contributed by atoms with van der Waals surface area (Å²) >= 11 is 0. The molecular weight excluding hydrogens is 254 g/mol. The van der Waals surface area contributed by atoms with Crippen molar-refractivity contribution < 1.29 is 13.3 Å². The number of aromatic nitrogens is 3. The molecule has 19 heavy (non-hydrogen) atoms. The van der Waals surface area contributed by atoms with E-state index in [-0.39, 0.29) is 18.0 Å². The summed E-state index contributed by atoms with van der Waals surface area (Å²) in [5, 5.41) is 3.73. The number of nitrogens with two attached hydrogens (primary N) is 1. The number of hydrogen-bond acceptors (Lipinski definition) is 4. The molecule has 0 bridgehead atoms. The fourth-order valence-electron chi connectivity index (χ4n) is 1.98. The van der Waals surface area contributed by atoms with Gasteiger partial charge in [-0.05, 0) is 19.1 Å². The first-order valence-corrected chi connectivity index (χ1v) is 5.58. The molecule has 0 spiro atoms. The van der Waals surface area contributed by atoms with Gasteiger partial charge in [0.05, 0.1) is 17.8 Å². The van der Waals surface area contributed by atoms with E-state index in [4.69, 9.17) is 10.3 Å². The minimum absolute atomic E-state index is 0.0200. The largest absolute Gasteiger partial charge is 0.369 e. The van der Waals surface area contributed by atoms with Crippen molar-refractivity contribution in [1.82, 2.24) is 14.7 Å². The van der Waals surface area contributed by atoms with Gasteiger partial charge in [0, 0.05) is 6.07 Å². The molecule has 0 aliphatic heterocycles. The van der Waals surface area contributed by atoms with Crippen LogP contribution in [0.3, 0.4) is 0 Å². The van der Waals surface area contributed by atoms with Crippen LogP contribution in [0.5, 0.6) is 0 Å². The van der Waals surface area contributed by atoms with Crippen LogP contribution in [0.4, 0.5) is 14.7 Å². The molecule has 0 saturated carbocycles. The molecule has 5 nitrogen and oxygen atoms in total. The van der Waals surface area contributed by atoms with E-state index in [9.17, 15) is 8.78 Å². The Balaban J connectivity index is 2.17. The van der Waals surface area contributed by atoms with Crippen LogP contribution in [0.15, 0.2) is 22.7 Å². The minimum Gasteiger partial charge on any atom is -0.369 e. The first-order valence-electron chi connectivity index (χ1n) is 5.58. The van der Waals surface area contributed by atoms with Crippen molar-refractivity contribution in [3.05, 3.63) is 41.3 Å². The SMILES string of the molecule is Cc1cc(Cn2c(N)nc3ccc(F)c(F)c32)on1. The van der Waals surface area contributed by atoms with Crippen LogP contribution in [-0.4, -0.2) is 14.7 Å². The summed E-state index contributed by atoms with van der Waals surface area (Å²) in [5.74, 6) is -1.33. The van der Waals surface area contributed by atoms with E-state index in [0.29, 0.717) is 17.0 Å². The molecular formula is C12H10F2N4O. The van der Waals surface area contributed by atoms with Crippen LogP contribution in [0.2, 0.25) is 0 Å². The molecule has 0 radical (unpaired) electrons. The highest BCUT2D eigenvalue weighted by atomic mass is 19.2. The van der Waals surface area contributed by atoms with Gasteiger partial charge in [0.1, 0.15) is 5.52 Å². The van der Waals surface area contributed by atoms with Gasteiger partial charge >= 0.3 is 0 Å². The van der Waals surface area contributed by atoms with E-state index >= 15 is 0 Å². The van der Waals surface area contributed by atoms with Crippen molar-refractivity contribution in [2.75, 3.05) is 5.73 Å². The van der Waals surface area contributed by atoms with Crippen LogP contribution in [0.1, 0.15) is 11.5 Å². The topological polar surface area (TPSA) is 69.9 Å². The lowest BCUT2D eigenvalue weighted by molar-refractivity contribution is 0.374. The lowest BCUT2D eigenvalue weighted by Crippen LogP contribution is -2.05. The number of rotatable bonds is 2. The molecule has 0 fully saturated rings. The van der Waals surface area contributed by atoms with E-state index in [0.717, 1.165) is 6.07 Å². The number of aryl methyl sites for hydroxylation is 1. The highest BCUT2D eigenvalue weighted by Crippen LogP contribution is 2.24. The highest BCUT2D eigenvalue weighted by molar-refractivity contribution is 5.79. The summed E-state index contributed by atoms with van der Waals surface area (Å²) in [6, 6.07) is 4.10. The number of imidazole rings is 1. The van der Waals surface area contributed by atoms with Gasteiger partial charge in [-0.1, -0.05) is 5.16 Å². The summed E-state index contributed by atoms with van der Waals surface area (Å²) in [4.78, 5) is 3.99. The maximum atomic E-state index is 13.8. The molecule has 3 aromatic rings. The Bertz CT molecular complexity index is 763. The summed E-state index contributed by atoms with van der Waals surface area (Å²) in [7, 11) is 0. The van der Waals surface area contributed by atoms with Crippen molar-refractivity contribution in [2.45, 2.75) is 13.5 Å². The van der Waals surface area contributed by atoms with Gasteiger partial charge in [-0.25, -0.2) is 13.8 Å². The molecule has 0 unspecified atom stereocenters. The molecule has 3 rings (SSSR count). The third kappa shape index (κ3) is 1.83. The summed E-state index contributed by atoms with van der Waals surface area (Å²) in [5.41, 5.74) is 6.75. The number of nitrogen functional groups attached to an aromatic ring is 1. The van der Waals surface area contributed by atoms with Crippen LogP contribution < -0.4 is 5.73 Å². The number of anilines is 1. The van der Waals surface area contributed by atoms with E-state index < -0.39 is 11.6 Å². The minimum atomic E-state index is -0.974. The standard InChI is InChI=1S/C12H10F2N4O/c1-6-4-7(19-17-6)5-18-11-9(16-12(18)15)3-2-8(13)10(11)14/h2-4H,5H2,1H3,(H2,15,16). The average Bonchev–Trinajstić information content (AvgIpc) is 2.90. The third-order valence-corrected chi connectivity index (χ3v) is 2.82. The zero-order valence-corrected chi connectivity index (χ0v) is 10.0. The maximum Gasteiger partial charge on any atom is 0.201 e. The Morgan fingerprint density at radius 1 is 1.37 bits per heavy atom. The first kappa shape index (κ1) is 11.6. The number of fused-ring (bicyclic) bond motifs is 1. The molecule has 2 aromatic heterocycles. The zero-order valence-electron chi connectivity index (χ0n) is 10.0. The first-order chi connectivity index (χ1) is 9.06. The van der Waals surface area contributed by atoms with Crippen LogP contribution >= 0.6 is 0 Å². The van der Waals surface area contributed by atoms with Crippen LogP contribution in [-0.2, 0) is 6.54 Å². The molecule has 0 amide bonds. The average molecular weight is 264 g/mol. The molecule has 0 aliphatic rings. The second-order valence-electron chi connectivity index (χ2n) is 4.22. The number of hydrogen-bond donors (Lipinski definition) is 1. The lowest BCUT2D eigenvalue weighted by Gasteiger charge is -2.04. The van der Waals surface area contributed by atoms with Crippen molar-refractivity contribution in [3.63, 3.8) is 0 Å². The van der Waals surface area contributed by atoms with E-state index in [1.165, 1.54) is 10.6 Å². The molecule has 2 heterocycles. The summed E-state index contributed by atoms with van der Waals surface area (Å²) < 4.78 is 33.5. The van der Waals surface area contributed by atoms with Gasteiger partial charge in [-0.3, -0.25) is 0 Å². The van der Waals surface area contributed by atoms with Crippen LogP contribution in [0, 0.1) is 18.6 Å². The number of halogens is 2. The summed E-state index contributed by atoms with van der Waals surface area (Å²) in [6.07, 6.45) is 0. The zero-order chi connectivity index (χ0) is 13.6. The molecule has 7 heteroatoms. The van der Waals surface area contributed by atoms with Crippen LogP contribution in [0.25, 0.3) is 11.0 Å². The third-order valence-electron chi connectivity index (χ3n) is 2.82.